The molecule has 0 bridgehead atoms. The van der Waals surface area contributed by atoms with Crippen LogP contribution in [0.25, 0.3) is 0 Å². The van der Waals surface area contributed by atoms with Gasteiger partial charge in [-0.05, 0) is 19.3 Å². The second kappa shape index (κ2) is 6.53. The predicted molar refractivity (Wildman–Crippen MR) is 76.3 cm³/mol. The first kappa shape index (κ1) is 15.9. The van der Waals surface area contributed by atoms with E-state index >= 15 is 0 Å². The minimum Gasteiger partial charge on any atom is -0.380 e. The van der Waals surface area contributed by atoms with Crippen LogP contribution in [0.4, 0.5) is 0 Å². The minimum atomic E-state index is -0.507. The maximum atomic E-state index is 12.6. The Balaban J connectivity index is 2.16. The lowest BCUT2D eigenvalue weighted by molar-refractivity contribution is -0.134. The molecule has 2 N–H and O–H groups in total. The van der Waals surface area contributed by atoms with Gasteiger partial charge in [0.05, 0.1) is 12.1 Å². The van der Waals surface area contributed by atoms with Crippen LogP contribution in [0.1, 0.15) is 44.4 Å². The second-order valence-electron chi connectivity index (χ2n) is 6.02. The number of aromatic nitrogens is 2. The SMILES string of the molecule is CO[C@H]1C[C@H](c2nc(C)no2)N(C(=O)[C@@H](N)CC(C)C)C1. The first-order valence-corrected chi connectivity index (χ1v) is 7.31. The molecule has 7 nitrogen and oxygen atoms in total. The summed E-state index contributed by atoms with van der Waals surface area (Å²) in [5.74, 6) is 1.31. The highest BCUT2D eigenvalue weighted by Crippen LogP contribution is 2.33. The topological polar surface area (TPSA) is 94.5 Å². The zero-order valence-corrected chi connectivity index (χ0v) is 13.1. The Kier molecular flexibility index (Phi) is 4.95. The molecule has 0 aliphatic carbocycles. The van der Waals surface area contributed by atoms with Gasteiger partial charge in [0.25, 0.3) is 0 Å². The van der Waals surface area contributed by atoms with Crippen molar-refractivity contribution in [2.75, 3.05) is 13.7 Å². The summed E-state index contributed by atoms with van der Waals surface area (Å²) in [5.41, 5.74) is 6.03. The highest BCUT2D eigenvalue weighted by Gasteiger charge is 2.40. The van der Waals surface area contributed by atoms with Gasteiger partial charge in [-0.2, -0.15) is 4.98 Å². The van der Waals surface area contributed by atoms with Crippen molar-refractivity contribution in [1.29, 1.82) is 0 Å². The Labute approximate surface area is 124 Å². The molecule has 0 saturated carbocycles. The fourth-order valence-corrected chi connectivity index (χ4v) is 2.72. The van der Waals surface area contributed by atoms with Gasteiger partial charge in [-0.3, -0.25) is 4.79 Å². The number of nitrogens with zero attached hydrogens (tertiary/aromatic N) is 3. The average molecular weight is 296 g/mol. The van der Waals surface area contributed by atoms with E-state index in [-0.39, 0.29) is 18.1 Å². The maximum absolute atomic E-state index is 12.6. The Bertz CT molecular complexity index is 488. The smallest absolute Gasteiger partial charge is 0.249 e. The fourth-order valence-electron chi connectivity index (χ4n) is 2.72. The summed E-state index contributed by atoms with van der Waals surface area (Å²) in [5, 5.41) is 3.80. The molecule has 0 unspecified atom stereocenters. The molecule has 2 heterocycles. The largest absolute Gasteiger partial charge is 0.380 e. The van der Waals surface area contributed by atoms with Crippen LogP contribution in [0.5, 0.6) is 0 Å². The molecule has 1 aliphatic heterocycles. The third-order valence-corrected chi connectivity index (χ3v) is 3.75. The molecule has 1 aromatic rings. The highest BCUT2D eigenvalue weighted by atomic mass is 16.5. The number of hydrogen-bond acceptors (Lipinski definition) is 6. The molecule has 0 spiro atoms. The standard InChI is InChI=1S/C14H24N4O3/c1-8(2)5-11(15)14(19)18-7-10(20-4)6-12(18)13-16-9(3)17-21-13/h8,10-12H,5-7,15H2,1-4H3/t10-,11-,12+/m0/s1. The Hall–Kier alpha value is -1.47. The molecular formula is C14H24N4O3. The molecule has 1 amide bonds. The normalized spacial score (nSPS) is 23.8. The van der Waals surface area contributed by atoms with E-state index in [4.69, 9.17) is 15.0 Å². The first-order chi connectivity index (χ1) is 9.92. The van der Waals surface area contributed by atoms with Gasteiger partial charge in [0, 0.05) is 20.1 Å². The third kappa shape index (κ3) is 3.59. The number of hydrogen-bond donors (Lipinski definition) is 1. The van der Waals surface area contributed by atoms with Crippen LogP contribution in [-0.2, 0) is 9.53 Å². The van der Waals surface area contributed by atoms with Gasteiger partial charge in [-0.25, -0.2) is 0 Å². The number of amides is 1. The number of rotatable bonds is 5. The molecule has 1 aliphatic rings. The van der Waals surface area contributed by atoms with E-state index in [2.05, 4.69) is 10.1 Å². The summed E-state index contributed by atoms with van der Waals surface area (Å²) in [6, 6.07) is -0.756. The van der Waals surface area contributed by atoms with Crippen molar-refractivity contribution in [3.63, 3.8) is 0 Å². The second-order valence-corrected chi connectivity index (χ2v) is 6.02. The van der Waals surface area contributed by atoms with Crippen LogP contribution in [0.2, 0.25) is 0 Å². The summed E-state index contributed by atoms with van der Waals surface area (Å²) >= 11 is 0. The van der Waals surface area contributed by atoms with Crippen molar-refractivity contribution < 1.29 is 14.1 Å². The number of nitrogens with two attached hydrogens (primary N) is 1. The molecular weight excluding hydrogens is 272 g/mol. The van der Waals surface area contributed by atoms with Crippen molar-refractivity contribution in [1.82, 2.24) is 15.0 Å². The predicted octanol–water partition coefficient (Wildman–Crippen LogP) is 1.04. The zero-order valence-electron chi connectivity index (χ0n) is 13.1. The van der Waals surface area contributed by atoms with E-state index in [9.17, 15) is 4.79 Å². The van der Waals surface area contributed by atoms with Crippen molar-refractivity contribution in [2.45, 2.75) is 51.8 Å². The van der Waals surface area contributed by atoms with Gasteiger partial charge in [0.1, 0.15) is 6.04 Å². The van der Waals surface area contributed by atoms with Crippen LogP contribution < -0.4 is 5.73 Å². The van der Waals surface area contributed by atoms with Gasteiger partial charge in [-0.1, -0.05) is 19.0 Å². The minimum absolute atomic E-state index is 0.0302. The van der Waals surface area contributed by atoms with Gasteiger partial charge in [0.15, 0.2) is 5.82 Å². The molecule has 1 fully saturated rings. The quantitative estimate of drug-likeness (QED) is 0.872. The highest BCUT2D eigenvalue weighted by molar-refractivity contribution is 5.82. The van der Waals surface area contributed by atoms with Crippen LogP contribution in [0.3, 0.4) is 0 Å². The molecule has 2 rings (SSSR count). The summed E-state index contributed by atoms with van der Waals surface area (Å²) in [6.07, 6.45) is 1.28. The number of likely N-dealkylation sites (tertiary alicyclic amines) is 1. The lowest BCUT2D eigenvalue weighted by Gasteiger charge is -2.25. The molecule has 1 saturated heterocycles. The van der Waals surface area contributed by atoms with Crippen LogP contribution >= 0.6 is 0 Å². The maximum Gasteiger partial charge on any atom is 0.249 e. The van der Waals surface area contributed by atoms with Crippen LogP contribution in [-0.4, -0.2) is 46.7 Å². The molecule has 1 aromatic heterocycles. The third-order valence-electron chi connectivity index (χ3n) is 3.75. The zero-order chi connectivity index (χ0) is 15.6. The molecule has 21 heavy (non-hydrogen) atoms. The Morgan fingerprint density at radius 3 is 2.81 bits per heavy atom. The molecule has 0 radical (unpaired) electrons. The van der Waals surface area contributed by atoms with E-state index in [1.54, 1.807) is 18.9 Å². The van der Waals surface area contributed by atoms with Crippen LogP contribution in [0, 0.1) is 12.8 Å². The number of ether oxygens (including phenoxy) is 1. The Morgan fingerprint density at radius 2 is 2.29 bits per heavy atom. The summed E-state index contributed by atoms with van der Waals surface area (Å²) in [4.78, 5) is 18.6. The van der Waals surface area contributed by atoms with E-state index < -0.39 is 6.04 Å². The fraction of sp³-hybridized carbons (Fsp3) is 0.786. The van der Waals surface area contributed by atoms with Gasteiger partial charge in [0.2, 0.25) is 11.8 Å². The van der Waals surface area contributed by atoms with Crippen molar-refractivity contribution in [2.24, 2.45) is 11.7 Å². The van der Waals surface area contributed by atoms with Crippen LogP contribution in [0.15, 0.2) is 4.52 Å². The van der Waals surface area contributed by atoms with Gasteiger partial charge in [-0.15, -0.1) is 0 Å². The van der Waals surface area contributed by atoms with E-state index in [0.29, 0.717) is 37.0 Å². The first-order valence-electron chi connectivity index (χ1n) is 7.31. The molecule has 118 valence electrons. The number of carbonyl (C=O) groups is 1. The molecule has 0 aromatic carbocycles. The lowest BCUT2D eigenvalue weighted by Crippen LogP contribution is -2.44. The van der Waals surface area contributed by atoms with Gasteiger partial charge < -0.3 is 19.9 Å². The summed E-state index contributed by atoms with van der Waals surface area (Å²) < 4.78 is 10.6. The van der Waals surface area contributed by atoms with Gasteiger partial charge >= 0.3 is 0 Å². The Morgan fingerprint density at radius 1 is 1.57 bits per heavy atom. The monoisotopic (exact) mass is 296 g/mol. The number of methoxy groups -OCH3 is 1. The number of aryl methyl sites for hydroxylation is 1. The van der Waals surface area contributed by atoms with E-state index in [1.807, 2.05) is 13.8 Å². The van der Waals surface area contributed by atoms with Crippen molar-refractivity contribution >= 4 is 5.91 Å². The van der Waals surface area contributed by atoms with E-state index in [0.717, 1.165) is 0 Å². The average Bonchev–Trinajstić information content (AvgIpc) is 3.02. The lowest BCUT2D eigenvalue weighted by atomic mass is 10.0. The van der Waals surface area contributed by atoms with Crippen molar-refractivity contribution in [3.8, 4) is 0 Å². The van der Waals surface area contributed by atoms with Crippen molar-refractivity contribution in [3.05, 3.63) is 11.7 Å². The molecule has 3 atom stereocenters. The van der Waals surface area contributed by atoms with E-state index in [1.165, 1.54) is 0 Å². The summed E-state index contributed by atoms with van der Waals surface area (Å²) in [7, 11) is 1.64. The summed E-state index contributed by atoms with van der Waals surface area (Å²) in [6.45, 7) is 6.36. The molecule has 7 heteroatoms. The number of carbonyl (C=O) groups excluding carboxylic acids is 1.